The van der Waals surface area contributed by atoms with Gasteiger partial charge < -0.3 is 14.9 Å². The van der Waals surface area contributed by atoms with Crippen molar-refractivity contribution >= 4 is 16.0 Å². The fourth-order valence-corrected chi connectivity index (χ4v) is 2.27. The van der Waals surface area contributed by atoms with Crippen LogP contribution in [0.15, 0.2) is 29.2 Å². The number of hydrogen-bond acceptors (Lipinski definition) is 5. The molecule has 0 saturated carbocycles. The molecule has 1 atom stereocenters. The van der Waals surface area contributed by atoms with Crippen LogP contribution in [0, 0.1) is 0 Å². The first-order chi connectivity index (χ1) is 9.51. The lowest BCUT2D eigenvalue weighted by molar-refractivity contribution is -0.274. The largest absolute Gasteiger partial charge is 0.573 e. The van der Waals surface area contributed by atoms with Crippen molar-refractivity contribution in [1.29, 1.82) is 0 Å². The van der Waals surface area contributed by atoms with Gasteiger partial charge in [-0.2, -0.15) is 0 Å². The first-order valence-corrected chi connectivity index (χ1v) is 6.76. The van der Waals surface area contributed by atoms with Crippen molar-refractivity contribution in [3.63, 3.8) is 0 Å². The Hall–Kier alpha value is -1.85. The number of nitrogens with one attached hydrogen (secondary N) is 1. The Balaban J connectivity index is 2.89. The van der Waals surface area contributed by atoms with Crippen molar-refractivity contribution in [3.8, 4) is 5.75 Å². The Labute approximate surface area is 117 Å². The average Bonchev–Trinajstić information content (AvgIpc) is 2.34. The number of benzene rings is 1. The number of aliphatic hydroxyl groups is 1. The number of hydrogen-bond donors (Lipinski definition) is 3. The molecule has 0 spiro atoms. The molecule has 0 amide bonds. The van der Waals surface area contributed by atoms with Crippen molar-refractivity contribution in [3.05, 3.63) is 24.3 Å². The summed E-state index contributed by atoms with van der Waals surface area (Å²) in [4.78, 5) is 9.77. The van der Waals surface area contributed by atoms with Gasteiger partial charge >= 0.3 is 12.3 Å². The molecule has 0 radical (unpaired) electrons. The molecule has 0 bridgehead atoms. The molecule has 0 aromatic heterocycles. The molecule has 0 aliphatic heterocycles. The Kier molecular flexibility index (Phi) is 5.15. The van der Waals surface area contributed by atoms with E-state index in [1.54, 1.807) is 4.72 Å². The maximum absolute atomic E-state index is 12.0. The SMILES string of the molecule is O=C(O)C(O)CNS(=O)(=O)c1cccc(OC(F)(F)F)c1. The molecule has 0 fully saturated rings. The summed E-state index contributed by atoms with van der Waals surface area (Å²) in [6.07, 6.45) is -6.95. The maximum atomic E-state index is 12.0. The number of carbonyl (C=O) groups is 1. The Morgan fingerprint density at radius 3 is 2.52 bits per heavy atom. The van der Waals surface area contributed by atoms with E-state index < -0.39 is 45.6 Å². The molecule has 7 nitrogen and oxygen atoms in total. The van der Waals surface area contributed by atoms with Gasteiger partial charge in [-0.25, -0.2) is 17.9 Å². The van der Waals surface area contributed by atoms with Crippen LogP contribution < -0.4 is 9.46 Å². The summed E-state index contributed by atoms with van der Waals surface area (Å²) in [5.74, 6) is -2.39. The summed E-state index contributed by atoms with van der Waals surface area (Å²) in [6.45, 7) is -0.831. The summed E-state index contributed by atoms with van der Waals surface area (Å²) >= 11 is 0. The number of sulfonamides is 1. The lowest BCUT2D eigenvalue weighted by Gasteiger charge is -2.11. The standard InChI is InChI=1S/C10H10F3NO6S/c11-10(12,13)20-6-2-1-3-7(4-6)21(18,19)14-5-8(15)9(16)17/h1-4,8,14-15H,5H2,(H,16,17). The summed E-state index contributed by atoms with van der Waals surface area (Å²) in [5.41, 5.74) is 0. The van der Waals surface area contributed by atoms with E-state index in [0.29, 0.717) is 6.07 Å². The quantitative estimate of drug-likeness (QED) is 0.692. The Bertz CT molecular complexity index is 615. The second-order valence-corrected chi connectivity index (χ2v) is 5.50. The highest BCUT2D eigenvalue weighted by Crippen LogP contribution is 2.24. The zero-order valence-corrected chi connectivity index (χ0v) is 11.0. The molecule has 21 heavy (non-hydrogen) atoms. The van der Waals surface area contributed by atoms with Gasteiger partial charge in [0, 0.05) is 12.6 Å². The Morgan fingerprint density at radius 1 is 1.38 bits per heavy atom. The molecule has 0 aliphatic rings. The molecule has 0 aliphatic carbocycles. The summed E-state index contributed by atoms with van der Waals surface area (Å²) in [6, 6.07) is 3.52. The molecule has 0 heterocycles. The number of rotatable bonds is 6. The normalized spacial score (nSPS) is 13.7. The van der Waals surface area contributed by atoms with Crippen molar-refractivity contribution in [1.82, 2.24) is 4.72 Å². The number of alkyl halides is 3. The van der Waals surface area contributed by atoms with Crippen LogP contribution in [-0.2, 0) is 14.8 Å². The number of ether oxygens (including phenoxy) is 1. The van der Waals surface area contributed by atoms with Crippen molar-refractivity contribution in [2.45, 2.75) is 17.4 Å². The molecule has 1 aromatic rings. The number of carboxylic acid groups (broad SMARTS) is 1. The van der Waals surface area contributed by atoms with E-state index in [-0.39, 0.29) is 0 Å². The van der Waals surface area contributed by atoms with Crippen LogP contribution >= 0.6 is 0 Å². The minimum absolute atomic E-state index is 0.568. The van der Waals surface area contributed by atoms with E-state index in [1.807, 2.05) is 0 Å². The second-order valence-electron chi connectivity index (χ2n) is 3.73. The lowest BCUT2D eigenvalue weighted by atomic mass is 10.3. The molecule has 1 aromatic carbocycles. The maximum Gasteiger partial charge on any atom is 0.573 e. The molecule has 118 valence electrons. The predicted molar refractivity (Wildman–Crippen MR) is 62.0 cm³/mol. The Morgan fingerprint density at radius 2 is 2.00 bits per heavy atom. The van der Waals surface area contributed by atoms with Gasteiger partial charge in [0.25, 0.3) is 0 Å². The molecule has 11 heteroatoms. The van der Waals surface area contributed by atoms with Crippen LogP contribution in [0.2, 0.25) is 0 Å². The molecule has 1 rings (SSSR count). The van der Waals surface area contributed by atoms with Gasteiger partial charge in [0.15, 0.2) is 6.10 Å². The topological polar surface area (TPSA) is 113 Å². The van der Waals surface area contributed by atoms with Crippen molar-refractivity contribution in [2.75, 3.05) is 6.54 Å². The summed E-state index contributed by atoms with van der Waals surface area (Å²) < 4.78 is 64.8. The first-order valence-electron chi connectivity index (χ1n) is 5.27. The van der Waals surface area contributed by atoms with E-state index in [1.165, 1.54) is 0 Å². The zero-order valence-electron chi connectivity index (χ0n) is 10.2. The van der Waals surface area contributed by atoms with Gasteiger partial charge in [-0.3, -0.25) is 0 Å². The van der Waals surface area contributed by atoms with Crippen LogP contribution in [0.25, 0.3) is 0 Å². The summed E-state index contributed by atoms with van der Waals surface area (Å²) in [5, 5.41) is 17.3. The molecule has 1 unspecified atom stereocenters. The third kappa shape index (κ3) is 5.57. The van der Waals surface area contributed by atoms with Crippen molar-refractivity contribution in [2.24, 2.45) is 0 Å². The van der Waals surface area contributed by atoms with Crippen LogP contribution in [0.3, 0.4) is 0 Å². The van der Waals surface area contributed by atoms with Crippen molar-refractivity contribution < 1.29 is 41.3 Å². The van der Waals surface area contributed by atoms with Gasteiger partial charge in [0.1, 0.15) is 5.75 Å². The smallest absolute Gasteiger partial charge is 0.479 e. The van der Waals surface area contributed by atoms with Gasteiger partial charge in [-0.15, -0.1) is 13.2 Å². The van der Waals surface area contributed by atoms with E-state index in [0.717, 1.165) is 18.2 Å². The zero-order chi connectivity index (χ0) is 16.3. The highest BCUT2D eigenvalue weighted by Gasteiger charge is 2.31. The minimum atomic E-state index is -4.98. The van der Waals surface area contributed by atoms with Crippen LogP contribution in [0.5, 0.6) is 5.75 Å². The van der Waals surface area contributed by atoms with E-state index in [4.69, 9.17) is 10.2 Å². The number of carboxylic acids is 1. The average molecular weight is 329 g/mol. The number of aliphatic hydroxyl groups excluding tert-OH is 1. The van der Waals surface area contributed by atoms with Gasteiger partial charge in [-0.05, 0) is 12.1 Å². The van der Waals surface area contributed by atoms with Crippen LogP contribution in [0.1, 0.15) is 0 Å². The van der Waals surface area contributed by atoms with E-state index >= 15 is 0 Å². The fraction of sp³-hybridized carbons (Fsp3) is 0.300. The van der Waals surface area contributed by atoms with Gasteiger partial charge in [0.05, 0.1) is 4.90 Å². The third-order valence-corrected chi connectivity index (χ3v) is 3.52. The predicted octanol–water partition coefficient (Wildman–Crippen LogP) is 0.309. The lowest BCUT2D eigenvalue weighted by Crippen LogP contribution is -2.36. The van der Waals surface area contributed by atoms with E-state index in [2.05, 4.69) is 4.74 Å². The molecule has 0 saturated heterocycles. The van der Waals surface area contributed by atoms with Gasteiger partial charge in [0.2, 0.25) is 10.0 Å². The minimum Gasteiger partial charge on any atom is -0.479 e. The monoisotopic (exact) mass is 329 g/mol. The highest BCUT2D eigenvalue weighted by atomic mass is 32.2. The second kappa shape index (κ2) is 6.28. The first kappa shape index (κ1) is 17.2. The molecule has 3 N–H and O–H groups in total. The number of aliphatic carboxylic acids is 1. The van der Waals surface area contributed by atoms with E-state index in [9.17, 15) is 26.4 Å². The van der Waals surface area contributed by atoms with Gasteiger partial charge in [-0.1, -0.05) is 6.07 Å². The number of halogens is 3. The third-order valence-electron chi connectivity index (χ3n) is 2.10. The molecular formula is C10H10F3NO6S. The van der Waals surface area contributed by atoms with Crippen LogP contribution in [-0.4, -0.2) is 43.6 Å². The molecular weight excluding hydrogens is 319 g/mol. The summed E-state index contributed by atoms with van der Waals surface area (Å²) in [7, 11) is -4.29. The van der Waals surface area contributed by atoms with Crippen LogP contribution in [0.4, 0.5) is 13.2 Å². The fourth-order valence-electron chi connectivity index (χ4n) is 1.20. The highest BCUT2D eigenvalue weighted by molar-refractivity contribution is 7.89.